The lowest BCUT2D eigenvalue weighted by molar-refractivity contribution is 0.0909. The molecule has 0 spiro atoms. The quantitative estimate of drug-likeness (QED) is 0.846. The van der Waals surface area contributed by atoms with Crippen molar-refractivity contribution in [2.75, 3.05) is 13.4 Å². The summed E-state index contributed by atoms with van der Waals surface area (Å²) in [5, 5.41) is 8.32. The third-order valence-corrected chi connectivity index (χ3v) is 6.98. The van der Waals surface area contributed by atoms with Gasteiger partial charge in [0, 0.05) is 30.7 Å². The monoisotopic (exact) mass is 392 g/mol. The zero-order valence-electron chi connectivity index (χ0n) is 15.7. The van der Waals surface area contributed by atoms with Crippen LogP contribution < -0.4 is 10.1 Å². The summed E-state index contributed by atoms with van der Waals surface area (Å²) in [6.07, 6.45) is 4.32. The van der Waals surface area contributed by atoms with E-state index < -0.39 is 10.0 Å². The van der Waals surface area contributed by atoms with Crippen LogP contribution in [0.15, 0.2) is 18.2 Å². The predicted molar refractivity (Wildman–Crippen MR) is 101 cm³/mol. The van der Waals surface area contributed by atoms with Gasteiger partial charge in [-0.15, -0.1) is 0 Å². The number of hydrogen-bond acceptors (Lipinski definition) is 5. The molecule has 1 aromatic carbocycles. The van der Waals surface area contributed by atoms with Gasteiger partial charge in [0.15, 0.2) is 0 Å². The molecule has 2 aromatic rings. The molecule has 2 aliphatic rings. The summed E-state index contributed by atoms with van der Waals surface area (Å²) in [4.78, 5) is 12.7. The molecule has 2 fully saturated rings. The second-order valence-corrected chi connectivity index (χ2v) is 9.37. The first-order chi connectivity index (χ1) is 12.8. The normalized spacial score (nSPS) is 25.7. The Hall–Kier alpha value is -2.13. The summed E-state index contributed by atoms with van der Waals surface area (Å²) in [5.74, 6) is 0.500. The van der Waals surface area contributed by atoms with Gasteiger partial charge in [-0.25, -0.2) is 13.1 Å². The molecule has 2 saturated heterocycles. The van der Waals surface area contributed by atoms with E-state index in [1.165, 1.54) is 6.26 Å². The fourth-order valence-corrected chi connectivity index (χ4v) is 6.09. The van der Waals surface area contributed by atoms with Gasteiger partial charge in [-0.1, -0.05) is 0 Å². The zero-order chi connectivity index (χ0) is 19.3. The van der Waals surface area contributed by atoms with Crippen LogP contribution in [0.3, 0.4) is 0 Å². The first-order valence-corrected chi connectivity index (χ1v) is 10.9. The molecule has 0 saturated carbocycles. The Bertz CT molecular complexity index is 986. The van der Waals surface area contributed by atoms with E-state index in [2.05, 4.69) is 10.4 Å². The molecular formula is C18H24N4O4S. The molecule has 2 aliphatic heterocycles. The molecule has 27 heavy (non-hydrogen) atoms. The Morgan fingerprint density at radius 1 is 1.26 bits per heavy atom. The molecule has 0 radical (unpaired) electrons. The number of carbonyl (C=O) groups is 1. The van der Waals surface area contributed by atoms with E-state index in [4.69, 9.17) is 4.74 Å². The van der Waals surface area contributed by atoms with Gasteiger partial charge < -0.3 is 10.1 Å². The van der Waals surface area contributed by atoms with Gasteiger partial charge in [-0.2, -0.15) is 9.40 Å². The van der Waals surface area contributed by atoms with Crippen molar-refractivity contribution in [3.63, 3.8) is 0 Å². The van der Waals surface area contributed by atoms with Gasteiger partial charge in [0.1, 0.15) is 0 Å². The van der Waals surface area contributed by atoms with E-state index in [0.29, 0.717) is 29.8 Å². The first-order valence-electron chi connectivity index (χ1n) is 9.08. The number of rotatable bonds is 4. The molecule has 8 nitrogen and oxygen atoms in total. The summed E-state index contributed by atoms with van der Waals surface area (Å²) < 4.78 is 32.6. The summed E-state index contributed by atoms with van der Waals surface area (Å²) >= 11 is 0. The lowest BCUT2D eigenvalue weighted by Crippen LogP contribution is -2.52. The Morgan fingerprint density at radius 3 is 2.52 bits per heavy atom. The third kappa shape index (κ3) is 3.19. The van der Waals surface area contributed by atoms with Crippen molar-refractivity contribution in [2.45, 2.75) is 43.8 Å². The number of aromatic nitrogens is 2. The Morgan fingerprint density at radius 2 is 1.93 bits per heavy atom. The summed E-state index contributed by atoms with van der Waals surface area (Å²) in [6.45, 7) is 0. The van der Waals surface area contributed by atoms with Crippen LogP contribution >= 0.6 is 0 Å². The fourth-order valence-electron chi connectivity index (χ4n) is 4.62. The number of nitrogens with zero attached hydrogens (tertiary/aromatic N) is 3. The predicted octanol–water partition coefficient (Wildman–Crippen LogP) is 1.27. The molecule has 1 aromatic heterocycles. The van der Waals surface area contributed by atoms with Crippen LogP contribution in [0, 0.1) is 0 Å². The van der Waals surface area contributed by atoms with Crippen molar-refractivity contribution >= 4 is 26.8 Å². The fraction of sp³-hybridized carbons (Fsp3) is 0.556. The number of methoxy groups -OCH3 is 1. The number of sulfonamides is 1. The molecule has 3 atom stereocenters. The van der Waals surface area contributed by atoms with Crippen LogP contribution in [0.2, 0.25) is 0 Å². The van der Waals surface area contributed by atoms with Gasteiger partial charge in [0.25, 0.3) is 5.91 Å². The Labute approximate surface area is 158 Å². The molecule has 4 rings (SSSR count). The molecule has 1 N–H and O–H groups in total. The van der Waals surface area contributed by atoms with Crippen molar-refractivity contribution in [1.29, 1.82) is 0 Å². The topological polar surface area (TPSA) is 93.5 Å². The van der Waals surface area contributed by atoms with Crippen LogP contribution in [0.1, 0.15) is 36.0 Å². The second-order valence-electron chi connectivity index (χ2n) is 7.48. The number of aryl methyl sites for hydroxylation is 1. The molecular weight excluding hydrogens is 368 g/mol. The lowest BCUT2D eigenvalue weighted by Gasteiger charge is -2.37. The Balaban J connectivity index is 1.50. The zero-order valence-corrected chi connectivity index (χ0v) is 16.5. The van der Waals surface area contributed by atoms with Gasteiger partial charge in [-0.05, 0) is 43.9 Å². The molecule has 2 bridgehead atoms. The average molecular weight is 392 g/mol. The molecule has 3 heterocycles. The summed E-state index contributed by atoms with van der Waals surface area (Å²) in [6, 6.07) is 5.34. The minimum atomic E-state index is -3.20. The average Bonchev–Trinajstić information content (AvgIpc) is 3.07. The number of piperidine rings is 1. The minimum absolute atomic E-state index is 0.00780. The lowest BCUT2D eigenvalue weighted by atomic mass is 9.99. The maximum Gasteiger partial charge on any atom is 0.251 e. The highest BCUT2D eigenvalue weighted by molar-refractivity contribution is 7.88. The SMILES string of the molecule is COc1c2ccc(C(=O)NC3C[C@H]4CC[C@@H](C3)N4S(C)(=O)=O)cc2nn1C. The number of benzene rings is 1. The largest absolute Gasteiger partial charge is 0.481 e. The van der Waals surface area contributed by atoms with Gasteiger partial charge in [0.05, 0.1) is 24.3 Å². The highest BCUT2D eigenvalue weighted by Gasteiger charge is 2.45. The molecule has 1 unspecified atom stereocenters. The van der Waals surface area contributed by atoms with Crippen LogP contribution in [0.5, 0.6) is 5.88 Å². The standard InChI is InChI=1S/C18H24N4O4S/c1-21-18(26-2)15-7-4-11(8-16(15)20-21)17(23)19-12-9-13-5-6-14(10-12)22(13)27(3,24)25/h4,7-8,12-14H,5-6,9-10H2,1-3H3,(H,19,23)/t12?,13-,14+. The first kappa shape index (κ1) is 18.2. The maximum atomic E-state index is 12.7. The highest BCUT2D eigenvalue weighted by atomic mass is 32.2. The van der Waals surface area contributed by atoms with E-state index in [9.17, 15) is 13.2 Å². The number of ether oxygens (including phenoxy) is 1. The van der Waals surface area contributed by atoms with Crippen molar-refractivity contribution in [3.8, 4) is 5.88 Å². The van der Waals surface area contributed by atoms with Crippen LogP contribution in [0.25, 0.3) is 10.9 Å². The van der Waals surface area contributed by atoms with Crippen LogP contribution in [-0.4, -0.2) is 59.9 Å². The van der Waals surface area contributed by atoms with E-state index in [1.54, 1.807) is 35.3 Å². The number of hydrogen-bond donors (Lipinski definition) is 1. The van der Waals surface area contributed by atoms with Crippen molar-refractivity contribution in [2.24, 2.45) is 7.05 Å². The number of carbonyl (C=O) groups excluding carboxylic acids is 1. The minimum Gasteiger partial charge on any atom is -0.481 e. The van der Waals surface area contributed by atoms with Gasteiger partial charge in [-0.3, -0.25) is 4.79 Å². The number of nitrogens with one attached hydrogen (secondary N) is 1. The second kappa shape index (κ2) is 6.49. The van der Waals surface area contributed by atoms with E-state index in [1.807, 2.05) is 6.07 Å². The molecule has 146 valence electrons. The summed E-state index contributed by atoms with van der Waals surface area (Å²) in [5.41, 5.74) is 1.25. The highest BCUT2D eigenvalue weighted by Crippen LogP contribution is 2.37. The van der Waals surface area contributed by atoms with Crippen molar-refractivity contribution in [1.82, 2.24) is 19.4 Å². The van der Waals surface area contributed by atoms with E-state index in [-0.39, 0.29) is 24.0 Å². The third-order valence-electron chi connectivity index (χ3n) is 5.62. The molecule has 0 aliphatic carbocycles. The van der Waals surface area contributed by atoms with Gasteiger partial charge in [0.2, 0.25) is 15.9 Å². The maximum absolute atomic E-state index is 12.7. The van der Waals surface area contributed by atoms with Crippen LogP contribution in [-0.2, 0) is 17.1 Å². The number of fused-ring (bicyclic) bond motifs is 3. The van der Waals surface area contributed by atoms with Gasteiger partial charge >= 0.3 is 0 Å². The Kier molecular flexibility index (Phi) is 4.38. The number of amides is 1. The molecule has 1 amide bonds. The van der Waals surface area contributed by atoms with E-state index in [0.717, 1.165) is 18.2 Å². The smallest absolute Gasteiger partial charge is 0.251 e. The summed E-state index contributed by atoms with van der Waals surface area (Å²) in [7, 11) is 0.191. The van der Waals surface area contributed by atoms with Crippen molar-refractivity contribution < 1.29 is 17.9 Å². The van der Waals surface area contributed by atoms with Crippen LogP contribution in [0.4, 0.5) is 0 Å². The van der Waals surface area contributed by atoms with Crippen molar-refractivity contribution in [3.05, 3.63) is 23.8 Å². The molecule has 9 heteroatoms. The van der Waals surface area contributed by atoms with E-state index >= 15 is 0 Å².